The quantitative estimate of drug-likeness (QED) is 0.897. The predicted molar refractivity (Wildman–Crippen MR) is 73.3 cm³/mol. The van der Waals surface area contributed by atoms with Crippen molar-refractivity contribution in [2.24, 2.45) is 0 Å². The standard InChI is InChI=1S/C13H20N2O2S/c1-3-11-4-5-12(18-11)13(16)15(2)9-10-8-14-6-7-17-10/h4-5,10,14H,3,6-9H2,1-2H3. The van der Waals surface area contributed by atoms with E-state index in [1.807, 2.05) is 19.2 Å². The number of morpholine rings is 1. The Morgan fingerprint density at radius 2 is 2.44 bits per heavy atom. The van der Waals surface area contributed by atoms with E-state index in [1.54, 1.807) is 16.2 Å². The number of thiophene rings is 1. The van der Waals surface area contributed by atoms with Crippen LogP contribution < -0.4 is 5.32 Å². The molecule has 2 rings (SSSR count). The Bertz CT molecular complexity index is 399. The van der Waals surface area contributed by atoms with Gasteiger partial charge in [0.2, 0.25) is 0 Å². The summed E-state index contributed by atoms with van der Waals surface area (Å²) in [5.74, 6) is 0.0915. The third kappa shape index (κ3) is 3.31. The number of rotatable bonds is 4. The second kappa shape index (κ2) is 6.31. The third-order valence-corrected chi connectivity index (χ3v) is 4.27. The lowest BCUT2D eigenvalue weighted by atomic mass is 10.3. The fourth-order valence-corrected chi connectivity index (χ4v) is 2.94. The first kappa shape index (κ1) is 13.5. The molecule has 0 saturated carbocycles. The summed E-state index contributed by atoms with van der Waals surface area (Å²) >= 11 is 1.58. The monoisotopic (exact) mass is 268 g/mol. The number of aryl methyl sites for hydroxylation is 1. The Morgan fingerprint density at radius 3 is 3.06 bits per heavy atom. The van der Waals surface area contributed by atoms with E-state index in [0.717, 1.165) is 31.0 Å². The van der Waals surface area contributed by atoms with Gasteiger partial charge in [-0.1, -0.05) is 6.92 Å². The van der Waals surface area contributed by atoms with Gasteiger partial charge in [0.1, 0.15) is 0 Å². The minimum absolute atomic E-state index is 0.0915. The lowest BCUT2D eigenvalue weighted by Gasteiger charge is -2.27. The maximum atomic E-state index is 12.2. The normalized spacial score (nSPS) is 19.8. The maximum absolute atomic E-state index is 12.2. The molecule has 1 aromatic heterocycles. The Hall–Kier alpha value is -0.910. The highest BCUT2D eigenvalue weighted by atomic mass is 32.1. The smallest absolute Gasteiger partial charge is 0.263 e. The Kier molecular flexibility index (Phi) is 4.74. The van der Waals surface area contributed by atoms with Crippen molar-refractivity contribution in [1.29, 1.82) is 0 Å². The zero-order valence-electron chi connectivity index (χ0n) is 10.9. The second-order valence-electron chi connectivity index (χ2n) is 4.50. The Balaban J connectivity index is 1.91. The molecule has 1 saturated heterocycles. The van der Waals surface area contributed by atoms with Gasteiger partial charge in [-0.3, -0.25) is 4.79 Å². The van der Waals surface area contributed by atoms with Crippen LogP contribution in [0.4, 0.5) is 0 Å². The number of ether oxygens (including phenoxy) is 1. The number of hydrogen-bond acceptors (Lipinski definition) is 4. The number of likely N-dealkylation sites (N-methyl/N-ethyl adjacent to an activating group) is 1. The van der Waals surface area contributed by atoms with E-state index < -0.39 is 0 Å². The molecular formula is C13H20N2O2S. The molecule has 1 unspecified atom stereocenters. The lowest BCUT2D eigenvalue weighted by Crippen LogP contribution is -2.45. The number of nitrogens with zero attached hydrogens (tertiary/aromatic N) is 1. The molecule has 1 amide bonds. The molecule has 0 aliphatic carbocycles. The molecule has 1 aliphatic heterocycles. The van der Waals surface area contributed by atoms with Crippen molar-refractivity contribution in [3.63, 3.8) is 0 Å². The van der Waals surface area contributed by atoms with Gasteiger partial charge in [-0.25, -0.2) is 0 Å². The topological polar surface area (TPSA) is 41.6 Å². The van der Waals surface area contributed by atoms with Crippen LogP contribution in [0.3, 0.4) is 0 Å². The van der Waals surface area contributed by atoms with Gasteiger partial charge in [0.15, 0.2) is 0 Å². The molecule has 1 aromatic rings. The first-order chi connectivity index (χ1) is 8.70. The summed E-state index contributed by atoms with van der Waals surface area (Å²) in [6.07, 6.45) is 1.09. The van der Waals surface area contributed by atoms with Gasteiger partial charge >= 0.3 is 0 Å². The van der Waals surface area contributed by atoms with E-state index in [-0.39, 0.29) is 12.0 Å². The Morgan fingerprint density at radius 1 is 1.61 bits per heavy atom. The van der Waals surface area contributed by atoms with Crippen molar-refractivity contribution in [2.75, 3.05) is 33.3 Å². The van der Waals surface area contributed by atoms with Crippen molar-refractivity contribution in [2.45, 2.75) is 19.4 Å². The summed E-state index contributed by atoms with van der Waals surface area (Å²) in [6.45, 7) is 5.20. The van der Waals surface area contributed by atoms with Crippen LogP contribution in [0, 0.1) is 0 Å². The average molecular weight is 268 g/mol. The molecule has 4 nitrogen and oxygen atoms in total. The van der Waals surface area contributed by atoms with E-state index in [1.165, 1.54) is 4.88 Å². The molecule has 0 bridgehead atoms. The summed E-state index contributed by atoms with van der Waals surface area (Å²) < 4.78 is 5.61. The van der Waals surface area contributed by atoms with Gasteiger partial charge in [0.05, 0.1) is 17.6 Å². The molecule has 1 aliphatic rings. The number of hydrogen-bond donors (Lipinski definition) is 1. The molecule has 0 radical (unpaired) electrons. The highest BCUT2D eigenvalue weighted by Gasteiger charge is 2.20. The largest absolute Gasteiger partial charge is 0.374 e. The highest BCUT2D eigenvalue weighted by Crippen LogP contribution is 2.18. The van der Waals surface area contributed by atoms with Gasteiger partial charge in [-0.05, 0) is 18.6 Å². The van der Waals surface area contributed by atoms with Gasteiger partial charge in [-0.15, -0.1) is 11.3 Å². The van der Waals surface area contributed by atoms with Crippen molar-refractivity contribution in [3.8, 4) is 0 Å². The minimum atomic E-state index is 0.0915. The number of nitrogens with one attached hydrogen (secondary N) is 1. The van der Waals surface area contributed by atoms with Crippen LogP contribution in [0.5, 0.6) is 0 Å². The summed E-state index contributed by atoms with van der Waals surface area (Å²) in [5, 5.41) is 3.27. The molecule has 1 atom stereocenters. The van der Waals surface area contributed by atoms with Gasteiger partial charge in [0, 0.05) is 31.6 Å². The highest BCUT2D eigenvalue weighted by molar-refractivity contribution is 7.14. The SMILES string of the molecule is CCc1ccc(C(=O)N(C)CC2CNCCO2)s1. The fourth-order valence-electron chi connectivity index (χ4n) is 2.00. The van der Waals surface area contributed by atoms with Crippen molar-refractivity contribution in [1.82, 2.24) is 10.2 Å². The van der Waals surface area contributed by atoms with Gasteiger partial charge in [-0.2, -0.15) is 0 Å². The molecule has 100 valence electrons. The number of carbonyl (C=O) groups is 1. The van der Waals surface area contributed by atoms with Crippen LogP contribution in [0.15, 0.2) is 12.1 Å². The van der Waals surface area contributed by atoms with E-state index in [2.05, 4.69) is 12.2 Å². The lowest BCUT2D eigenvalue weighted by molar-refractivity contribution is 0.0105. The molecule has 18 heavy (non-hydrogen) atoms. The molecule has 0 aromatic carbocycles. The Labute approximate surface area is 112 Å². The summed E-state index contributed by atoms with van der Waals surface area (Å²) in [7, 11) is 1.84. The maximum Gasteiger partial charge on any atom is 0.263 e. The fraction of sp³-hybridized carbons (Fsp3) is 0.615. The van der Waals surface area contributed by atoms with Crippen LogP contribution in [-0.2, 0) is 11.2 Å². The summed E-state index contributed by atoms with van der Waals surface area (Å²) in [4.78, 5) is 16.0. The van der Waals surface area contributed by atoms with E-state index in [9.17, 15) is 4.79 Å². The molecular weight excluding hydrogens is 248 g/mol. The van der Waals surface area contributed by atoms with Crippen molar-refractivity contribution >= 4 is 17.2 Å². The van der Waals surface area contributed by atoms with Crippen LogP contribution in [0.2, 0.25) is 0 Å². The van der Waals surface area contributed by atoms with Gasteiger partial charge < -0.3 is 15.0 Å². The molecule has 2 heterocycles. The zero-order chi connectivity index (χ0) is 13.0. The zero-order valence-corrected chi connectivity index (χ0v) is 11.8. The molecule has 5 heteroatoms. The first-order valence-electron chi connectivity index (χ1n) is 6.37. The molecule has 1 N–H and O–H groups in total. The van der Waals surface area contributed by atoms with E-state index in [4.69, 9.17) is 4.74 Å². The first-order valence-corrected chi connectivity index (χ1v) is 7.19. The van der Waals surface area contributed by atoms with Crippen molar-refractivity contribution < 1.29 is 9.53 Å². The average Bonchev–Trinajstić information content (AvgIpc) is 2.87. The van der Waals surface area contributed by atoms with Crippen LogP contribution in [0.25, 0.3) is 0 Å². The summed E-state index contributed by atoms with van der Waals surface area (Å²) in [5.41, 5.74) is 0. The number of carbonyl (C=O) groups excluding carboxylic acids is 1. The molecule has 0 spiro atoms. The third-order valence-electron chi connectivity index (χ3n) is 3.05. The van der Waals surface area contributed by atoms with E-state index >= 15 is 0 Å². The second-order valence-corrected chi connectivity index (χ2v) is 5.67. The predicted octanol–water partition coefficient (Wildman–Crippen LogP) is 1.37. The molecule has 1 fully saturated rings. The van der Waals surface area contributed by atoms with Crippen LogP contribution in [0.1, 0.15) is 21.5 Å². The van der Waals surface area contributed by atoms with Crippen LogP contribution >= 0.6 is 11.3 Å². The minimum Gasteiger partial charge on any atom is -0.374 e. The number of amides is 1. The van der Waals surface area contributed by atoms with Crippen molar-refractivity contribution in [3.05, 3.63) is 21.9 Å². The van der Waals surface area contributed by atoms with Crippen LogP contribution in [-0.4, -0.2) is 50.2 Å². The summed E-state index contributed by atoms with van der Waals surface area (Å²) in [6, 6.07) is 3.95. The van der Waals surface area contributed by atoms with Gasteiger partial charge in [0.25, 0.3) is 5.91 Å². The van der Waals surface area contributed by atoms with E-state index in [0.29, 0.717) is 6.54 Å².